The fourth-order valence-electron chi connectivity index (χ4n) is 4.55. The van der Waals surface area contributed by atoms with Gasteiger partial charge < -0.3 is 43.7 Å². The van der Waals surface area contributed by atoms with Crippen LogP contribution in [0.3, 0.4) is 0 Å². The summed E-state index contributed by atoms with van der Waals surface area (Å²) in [4.78, 5) is 41.7. The maximum Gasteiger partial charge on any atom is 0.317 e. The lowest BCUT2D eigenvalue weighted by Crippen LogP contribution is -2.48. The molecule has 0 amide bonds. The lowest BCUT2D eigenvalue weighted by Gasteiger charge is -2.33. The van der Waals surface area contributed by atoms with Crippen LogP contribution in [-0.2, 0) is 42.8 Å². The normalized spacial score (nSPS) is 23.3. The smallest absolute Gasteiger partial charge is 0.317 e. The first-order chi connectivity index (χ1) is 20.8. The van der Waals surface area contributed by atoms with E-state index in [4.69, 9.17) is 28.4 Å². The second-order valence-corrected chi connectivity index (χ2v) is 10.3. The van der Waals surface area contributed by atoms with Crippen molar-refractivity contribution in [2.75, 3.05) is 151 Å². The molecule has 0 aromatic heterocycles. The molecule has 2 aliphatic heterocycles. The number of carboxylic acids is 3. The van der Waals surface area contributed by atoms with Crippen LogP contribution in [0.2, 0.25) is 0 Å². The van der Waals surface area contributed by atoms with Crippen molar-refractivity contribution in [2.45, 2.75) is 6.10 Å². The van der Waals surface area contributed by atoms with E-state index in [-0.39, 0.29) is 25.7 Å². The largest absolute Gasteiger partial charge is 0.480 e. The Morgan fingerprint density at radius 1 is 0.558 bits per heavy atom. The molecule has 0 aliphatic carbocycles. The maximum atomic E-state index is 11.5. The summed E-state index contributed by atoms with van der Waals surface area (Å²) in [7, 11) is 0. The van der Waals surface area contributed by atoms with Crippen LogP contribution in [0.4, 0.5) is 0 Å². The van der Waals surface area contributed by atoms with Crippen molar-refractivity contribution in [1.82, 2.24) is 19.6 Å². The molecule has 2 heterocycles. The van der Waals surface area contributed by atoms with Gasteiger partial charge in [-0.15, -0.1) is 0 Å². The van der Waals surface area contributed by atoms with Crippen LogP contribution in [0.15, 0.2) is 0 Å². The molecule has 0 radical (unpaired) electrons. The Morgan fingerprint density at radius 3 is 1.35 bits per heavy atom. The zero-order valence-electron chi connectivity index (χ0n) is 25.1. The van der Waals surface area contributed by atoms with Crippen molar-refractivity contribution >= 4 is 17.9 Å². The molecule has 0 aromatic rings. The molecule has 43 heavy (non-hydrogen) atoms. The number of carboxylic acid groups (broad SMARTS) is 3. The van der Waals surface area contributed by atoms with E-state index in [0.29, 0.717) is 132 Å². The van der Waals surface area contributed by atoms with E-state index in [1.165, 1.54) is 0 Å². The molecule has 0 spiro atoms. The number of carbonyl (C=O) groups is 3. The highest BCUT2D eigenvalue weighted by molar-refractivity contribution is 5.69. The summed E-state index contributed by atoms with van der Waals surface area (Å²) in [5.74, 6) is -2.89. The van der Waals surface area contributed by atoms with Gasteiger partial charge in [0.2, 0.25) is 0 Å². The summed E-state index contributed by atoms with van der Waals surface area (Å²) in [5.41, 5.74) is 0. The number of hydrogen-bond acceptors (Lipinski definition) is 13. The Morgan fingerprint density at radius 2 is 0.930 bits per heavy atom. The lowest BCUT2D eigenvalue weighted by molar-refractivity contribution is -0.140. The summed E-state index contributed by atoms with van der Waals surface area (Å²) in [6, 6.07) is 0. The van der Waals surface area contributed by atoms with Gasteiger partial charge in [0.05, 0.1) is 92.3 Å². The molecule has 1 unspecified atom stereocenters. The SMILES string of the molecule is O=C(O)CN1CCN(CCOCC2COCCOCCOCCOCCO2)CCN(CC(=O)O)CCN(CC(=O)O)CC1. The highest BCUT2D eigenvalue weighted by atomic mass is 16.6. The molecular weight excluding hydrogens is 572 g/mol. The standard InChI is InChI=1S/C27H50N4O12/c32-25(33)19-29-3-1-28(2-4-30(20-26(34)35)6-8-31(7-5-29)21-27(36)37)9-10-41-22-24-23-42-16-15-39-12-11-38-13-14-40-17-18-43-24/h24H,1-23H2,(H,32,33)(H,34,35)(H,36,37). The number of ether oxygens (including phenoxy) is 6. The Hall–Kier alpha value is -1.99. The average Bonchev–Trinajstić information content (AvgIpc) is 2.95. The van der Waals surface area contributed by atoms with Gasteiger partial charge in [-0.25, -0.2) is 0 Å². The predicted octanol–water partition coefficient (Wildman–Crippen LogP) is -2.06. The van der Waals surface area contributed by atoms with Gasteiger partial charge in [0.1, 0.15) is 6.10 Å². The number of aliphatic carboxylic acids is 3. The van der Waals surface area contributed by atoms with Crippen LogP contribution in [-0.4, -0.2) is 210 Å². The zero-order valence-corrected chi connectivity index (χ0v) is 25.1. The van der Waals surface area contributed by atoms with Gasteiger partial charge in [0, 0.05) is 58.9 Å². The minimum atomic E-state index is -0.986. The summed E-state index contributed by atoms with van der Waals surface area (Å²) in [5, 5.41) is 28.1. The van der Waals surface area contributed by atoms with Crippen molar-refractivity contribution in [3.8, 4) is 0 Å². The van der Waals surface area contributed by atoms with Gasteiger partial charge in [-0.1, -0.05) is 0 Å². The fourth-order valence-corrected chi connectivity index (χ4v) is 4.55. The van der Waals surface area contributed by atoms with E-state index in [2.05, 4.69) is 4.90 Å². The minimum absolute atomic E-state index is 0.156. The zero-order chi connectivity index (χ0) is 31.1. The molecule has 16 nitrogen and oxygen atoms in total. The quantitative estimate of drug-likeness (QED) is 0.214. The first-order valence-electron chi connectivity index (χ1n) is 14.9. The van der Waals surface area contributed by atoms with Crippen LogP contribution in [0.1, 0.15) is 0 Å². The minimum Gasteiger partial charge on any atom is -0.480 e. The van der Waals surface area contributed by atoms with Crippen LogP contribution >= 0.6 is 0 Å². The lowest BCUT2D eigenvalue weighted by atomic mass is 10.3. The summed E-state index contributed by atoms with van der Waals surface area (Å²) < 4.78 is 34.0. The first-order valence-corrected chi connectivity index (χ1v) is 14.9. The molecule has 2 aliphatic rings. The van der Waals surface area contributed by atoms with Crippen LogP contribution in [0.25, 0.3) is 0 Å². The summed E-state index contributed by atoms with van der Waals surface area (Å²) in [6.07, 6.45) is -0.290. The second-order valence-electron chi connectivity index (χ2n) is 10.3. The van der Waals surface area contributed by atoms with Crippen molar-refractivity contribution in [1.29, 1.82) is 0 Å². The molecule has 2 saturated heterocycles. The maximum absolute atomic E-state index is 11.5. The monoisotopic (exact) mass is 622 g/mol. The first kappa shape index (κ1) is 37.2. The van der Waals surface area contributed by atoms with E-state index in [0.717, 1.165) is 0 Å². The Kier molecular flexibility index (Phi) is 20.2. The Balaban J connectivity index is 1.91. The van der Waals surface area contributed by atoms with Crippen LogP contribution in [0.5, 0.6) is 0 Å². The molecule has 3 N–H and O–H groups in total. The van der Waals surface area contributed by atoms with E-state index in [9.17, 15) is 29.7 Å². The molecule has 0 aromatic carbocycles. The van der Waals surface area contributed by atoms with Gasteiger partial charge in [0.25, 0.3) is 0 Å². The van der Waals surface area contributed by atoms with E-state index in [1.54, 1.807) is 14.7 Å². The molecule has 1 atom stereocenters. The van der Waals surface area contributed by atoms with Gasteiger partial charge in [0.15, 0.2) is 0 Å². The molecule has 0 bridgehead atoms. The number of hydrogen-bond donors (Lipinski definition) is 3. The third kappa shape index (κ3) is 19.8. The topological polar surface area (TPSA) is 180 Å². The molecular formula is C27H50N4O12. The van der Waals surface area contributed by atoms with Gasteiger partial charge in [-0.3, -0.25) is 34.0 Å². The Bertz CT molecular complexity index is 732. The third-order valence-electron chi connectivity index (χ3n) is 6.86. The van der Waals surface area contributed by atoms with Crippen LogP contribution in [0, 0.1) is 0 Å². The molecule has 2 fully saturated rings. The molecule has 250 valence electrons. The number of nitrogens with zero attached hydrogens (tertiary/aromatic N) is 4. The highest BCUT2D eigenvalue weighted by Crippen LogP contribution is 2.03. The summed E-state index contributed by atoms with van der Waals surface area (Å²) in [6.45, 7) is 8.24. The van der Waals surface area contributed by atoms with Crippen LogP contribution < -0.4 is 0 Å². The number of rotatable bonds is 11. The Labute approximate surface area is 253 Å². The molecule has 2 rings (SSSR count). The van der Waals surface area contributed by atoms with Gasteiger partial charge >= 0.3 is 17.9 Å². The summed E-state index contributed by atoms with van der Waals surface area (Å²) >= 11 is 0. The van der Waals surface area contributed by atoms with Gasteiger partial charge in [-0.05, 0) is 0 Å². The van der Waals surface area contributed by atoms with Crippen molar-refractivity contribution in [3.05, 3.63) is 0 Å². The van der Waals surface area contributed by atoms with Crippen molar-refractivity contribution < 1.29 is 58.1 Å². The van der Waals surface area contributed by atoms with E-state index in [1.807, 2.05) is 0 Å². The molecule has 0 saturated carbocycles. The average molecular weight is 623 g/mol. The third-order valence-corrected chi connectivity index (χ3v) is 6.86. The van der Waals surface area contributed by atoms with Gasteiger partial charge in [-0.2, -0.15) is 0 Å². The van der Waals surface area contributed by atoms with Crippen molar-refractivity contribution in [2.24, 2.45) is 0 Å². The van der Waals surface area contributed by atoms with Crippen molar-refractivity contribution in [3.63, 3.8) is 0 Å². The van der Waals surface area contributed by atoms with E-state index < -0.39 is 17.9 Å². The van der Waals surface area contributed by atoms with E-state index >= 15 is 0 Å². The molecule has 16 heteroatoms. The fraction of sp³-hybridized carbons (Fsp3) is 0.889. The predicted molar refractivity (Wildman–Crippen MR) is 153 cm³/mol. The second kappa shape index (κ2) is 23.4. The highest BCUT2D eigenvalue weighted by Gasteiger charge is 2.20.